The summed E-state index contributed by atoms with van der Waals surface area (Å²) < 4.78 is 16.0. The number of nitrogens with zero attached hydrogens (tertiary/aromatic N) is 2. The number of para-hydroxylation sites is 1. The Kier molecular flexibility index (Phi) is 4.36. The van der Waals surface area contributed by atoms with E-state index in [0.717, 1.165) is 45.2 Å². The van der Waals surface area contributed by atoms with Gasteiger partial charge in [0.15, 0.2) is 0 Å². The van der Waals surface area contributed by atoms with Crippen LogP contribution in [0.25, 0.3) is 33.9 Å². The molecule has 0 amide bonds. The van der Waals surface area contributed by atoms with Gasteiger partial charge < -0.3 is 5.32 Å². The molecule has 0 fully saturated rings. The fraction of sp³-hybridized carbons (Fsp3) is 0.0357. The largest absolute Gasteiger partial charge is 0.361 e. The van der Waals surface area contributed by atoms with Gasteiger partial charge in [0.2, 0.25) is 0 Å². The number of benzene rings is 4. The molecule has 32 heavy (non-hydrogen) atoms. The van der Waals surface area contributed by atoms with Crippen molar-refractivity contribution in [1.29, 1.82) is 0 Å². The number of rotatable bonds is 3. The van der Waals surface area contributed by atoms with Gasteiger partial charge in [-0.2, -0.15) is 0 Å². The van der Waals surface area contributed by atoms with Crippen LogP contribution in [0, 0.1) is 5.82 Å². The Bertz CT molecular complexity index is 1390. The monoisotopic (exact) mass is 417 g/mol. The molecule has 3 nitrogen and oxygen atoms in total. The zero-order valence-corrected chi connectivity index (χ0v) is 17.2. The minimum absolute atomic E-state index is 0.222. The lowest BCUT2D eigenvalue weighted by atomic mass is 10.0. The van der Waals surface area contributed by atoms with E-state index in [2.05, 4.69) is 46.3 Å². The first-order chi connectivity index (χ1) is 15.8. The molecule has 0 saturated heterocycles. The van der Waals surface area contributed by atoms with Gasteiger partial charge in [0, 0.05) is 22.4 Å². The van der Waals surface area contributed by atoms with Crippen molar-refractivity contribution in [3.63, 3.8) is 0 Å². The van der Waals surface area contributed by atoms with Crippen LogP contribution in [-0.4, -0.2) is 9.55 Å². The molecule has 2 heterocycles. The number of imidazole rings is 1. The summed E-state index contributed by atoms with van der Waals surface area (Å²) in [6.07, 6.45) is -0.222. The highest BCUT2D eigenvalue weighted by atomic mass is 19.1. The molecule has 4 heteroatoms. The van der Waals surface area contributed by atoms with Gasteiger partial charge in [0.05, 0.1) is 11.4 Å². The Morgan fingerprint density at radius 3 is 2.03 bits per heavy atom. The van der Waals surface area contributed by atoms with Gasteiger partial charge in [-0.3, -0.25) is 4.57 Å². The van der Waals surface area contributed by atoms with Crippen LogP contribution < -0.4 is 5.32 Å². The van der Waals surface area contributed by atoms with Crippen molar-refractivity contribution in [3.8, 4) is 33.9 Å². The minimum Gasteiger partial charge on any atom is -0.361 e. The summed E-state index contributed by atoms with van der Waals surface area (Å²) in [6, 6.07) is 35.5. The van der Waals surface area contributed by atoms with E-state index < -0.39 is 0 Å². The summed E-state index contributed by atoms with van der Waals surface area (Å²) in [5.41, 5.74) is 7.13. The van der Waals surface area contributed by atoms with Crippen LogP contribution in [-0.2, 0) is 0 Å². The zero-order chi connectivity index (χ0) is 21.5. The fourth-order valence-electron chi connectivity index (χ4n) is 4.44. The van der Waals surface area contributed by atoms with E-state index in [1.54, 1.807) is 0 Å². The molecule has 6 rings (SSSR count). The normalized spacial score (nSPS) is 14.3. The second kappa shape index (κ2) is 7.50. The number of halogens is 1. The molecular weight excluding hydrogens is 397 g/mol. The van der Waals surface area contributed by atoms with E-state index >= 15 is 0 Å². The van der Waals surface area contributed by atoms with Crippen molar-refractivity contribution in [1.82, 2.24) is 9.55 Å². The molecule has 0 aliphatic carbocycles. The van der Waals surface area contributed by atoms with Gasteiger partial charge in [-0.25, -0.2) is 9.37 Å². The van der Waals surface area contributed by atoms with E-state index in [9.17, 15) is 4.39 Å². The van der Waals surface area contributed by atoms with E-state index in [-0.39, 0.29) is 12.0 Å². The molecular formula is C28H20FN3. The topological polar surface area (TPSA) is 29.9 Å². The van der Waals surface area contributed by atoms with Crippen LogP contribution in [0.3, 0.4) is 0 Å². The molecule has 1 atom stereocenters. The summed E-state index contributed by atoms with van der Waals surface area (Å²) in [5, 5.41) is 3.66. The Hall–Kier alpha value is -4.18. The standard InChI is InChI=1S/C28H20FN3/c29-22-17-15-21(16-18-22)27-30-24-14-8-7-13-23(24)28-31-25(19-9-3-1-4-10-19)26(32(27)28)20-11-5-2-6-12-20/h1-18,27,30H. The van der Waals surface area contributed by atoms with Gasteiger partial charge >= 0.3 is 0 Å². The fourth-order valence-corrected chi connectivity index (χ4v) is 4.44. The number of anilines is 1. The maximum Gasteiger partial charge on any atom is 0.145 e. The van der Waals surface area contributed by atoms with Gasteiger partial charge in [0.25, 0.3) is 0 Å². The Labute approximate surface area is 185 Å². The Balaban J connectivity index is 1.69. The lowest BCUT2D eigenvalue weighted by molar-refractivity contribution is 0.620. The predicted molar refractivity (Wildman–Crippen MR) is 127 cm³/mol. The van der Waals surface area contributed by atoms with Crippen LogP contribution in [0.2, 0.25) is 0 Å². The molecule has 0 bridgehead atoms. The van der Waals surface area contributed by atoms with E-state index in [4.69, 9.17) is 4.98 Å². The van der Waals surface area contributed by atoms with Crippen molar-refractivity contribution in [2.75, 3.05) is 5.32 Å². The maximum absolute atomic E-state index is 13.7. The summed E-state index contributed by atoms with van der Waals surface area (Å²) in [4.78, 5) is 5.18. The zero-order valence-electron chi connectivity index (χ0n) is 17.2. The second-order valence-electron chi connectivity index (χ2n) is 7.88. The smallest absolute Gasteiger partial charge is 0.145 e. The second-order valence-corrected chi connectivity index (χ2v) is 7.88. The highest BCUT2D eigenvalue weighted by Crippen LogP contribution is 2.45. The first-order valence-electron chi connectivity index (χ1n) is 10.6. The molecule has 1 N–H and O–H groups in total. The number of fused-ring (bicyclic) bond motifs is 3. The molecule has 1 aliphatic heterocycles. The third-order valence-electron chi connectivity index (χ3n) is 5.91. The molecule has 0 saturated carbocycles. The lowest BCUT2D eigenvalue weighted by Gasteiger charge is -2.31. The first kappa shape index (κ1) is 18.6. The SMILES string of the molecule is Fc1ccc(C2Nc3ccccc3-c3nc(-c4ccccc4)c(-c4ccccc4)n32)cc1. The van der Waals surface area contributed by atoms with Crippen LogP contribution >= 0.6 is 0 Å². The van der Waals surface area contributed by atoms with Gasteiger partial charge in [-0.15, -0.1) is 0 Å². The van der Waals surface area contributed by atoms with Crippen LogP contribution in [0.5, 0.6) is 0 Å². The summed E-state index contributed by atoms with van der Waals surface area (Å²) in [7, 11) is 0. The number of hydrogen-bond acceptors (Lipinski definition) is 2. The minimum atomic E-state index is -0.246. The molecule has 1 aliphatic rings. The van der Waals surface area contributed by atoms with Crippen molar-refractivity contribution < 1.29 is 4.39 Å². The van der Waals surface area contributed by atoms with Crippen LogP contribution in [0.4, 0.5) is 10.1 Å². The van der Waals surface area contributed by atoms with Gasteiger partial charge in [0.1, 0.15) is 17.8 Å². The highest BCUT2D eigenvalue weighted by molar-refractivity contribution is 5.86. The van der Waals surface area contributed by atoms with E-state index in [0.29, 0.717) is 0 Å². The number of nitrogens with one attached hydrogen (secondary N) is 1. The molecule has 154 valence electrons. The number of aromatic nitrogens is 2. The first-order valence-corrected chi connectivity index (χ1v) is 10.6. The lowest BCUT2D eigenvalue weighted by Crippen LogP contribution is -2.25. The average molecular weight is 417 g/mol. The van der Waals surface area contributed by atoms with E-state index in [1.165, 1.54) is 12.1 Å². The predicted octanol–water partition coefficient (Wildman–Crippen LogP) is 7.00. The average Bonchev–Trinajstić information content (AvgIpc) is 3.26. The molecule has 1 unspecified atom stereocenters. The Morgan fingerprint density at radius 2 is 1.31 bits per heavy atom. The highest BCUT2D eigenvalue weighted by Gasteiger charge is 2.31. The third kappa shape index (κ3) is 3.00. The number of hydrogen-bond donors (Lipinski definition) is 1. The van der Waals surface area contributed by atoms with Crippen molar-refractivity contribution in [3.05, 3.63) is 121 Å². The van der Waals surface area contributed by atoms with Gasteiger partial charge in [-0.05, 0) is 29.8 Å². The molecule has 5 aromatic rings. The van der Waals surface area contributed by atoms with E-state index in [1.807, 2.05) is 60.7 Å². The maximum atomic E-state index is 13.7. The van der Waals surface area contributed by atoms with Gasteiger partial charge in [-0.1, -0.05) is 84.9 Å². The van der Waals surface area contributed by atoms with Crippen molar-refractivity contribution in [2.45, 2.75) is 6.17 Å². The molecule has 0 radical (unpaired) electrons. The quantitative estimate of drug-likeness (QED) is 0.343. The van der Waals surface area contributed by atoms with Crippen molar-refractivity contribution in [2.24, 2.45) is 0 Å². The molecule has 1 aromatic heterocycles. The summed E-state index contributed by atoms with van der Waals surface area (Å²) in [5.74, 6) is 0.649. The summed E-state index contributed by atoms with van der Waals surface area (Å²) in [6.45, 7) is 0. The molecule has 0 spiro atoms. The van der Waals surface area contributed by atoms with Crippen LogP contribution in [0.1, 0.15) is 11.7 Å². The summed E-state index contributed by atoms with van der Waals surface area (Å²) >= 11 is 0. The van der Waals surface area contributed by atoms with Crippen LogP contribution in [0.15, 0.2) is 109 Å². The third-order valence-corrected chi connectivity index (χ3v) is 5.91. The Morgan fingerprint density at radius 1 is 0.688 bits per heavy atom. The van der Waals surface area contributed by atoms with Crippen molar-refractivity contribution >= 4 is 5.69 Å². The molecule has 4 aromatic carbocycles.